The van der Waals surface area contributed by atoms with Crippen molar-refractivity contribution in [1.29, 1.82) is 0 Å². The Morgan fingerprint density at radius 1 is 1.41 bits per heavy atom. The number of aliphatic hydroxyl groups is 2. The van der Waals surface area contributed by atoms with Crippen molar-refractivity contribution in [3.8, 4) is 0 Å². The molecule has 0 spiro atoms. The molecule has 0 saturated carbocycles. The van der Waals surface area contributed by atoms with E-state index in [0.717, 1.165) is 13.0 Å². The van der Waals surface area contributed by atoms with Crippen molar-refractivity contribution in [1.82, 2.24) is 14.3 Å². The summed E-state index contributed by atoms with van der Waals surface area (Å²) in [5.41, 5.74) is -0.0507. The van der Waals surface area contributed by atoms with Gasteiger partial charge in [0.15, 0.2) is 0 Å². The van der Waals surface area contributed by atoms with Gasteiger partial charge in [0, 0.05) is 25.4 Å². The Morgan fingerprint density at radius 2 is 2.23 bits per heavy atom. The van der Waals surface area contributed by atoms with Crippen LogP contribution < -0.4 is 5.56 Å². The van der Waals surface area contributed by atoms with Gasteiger partial charge in [0.05, 0.1) is 17.3 Å². The molecule has 1 aliphatic rings. The van der Waals surface area contributed by atoms with Gasteiger partial charge in [-0.05, 0) is 31.5 Å². The third kappa shape index (κ3) is 3.15. The summed E-state index contributed by atoms with van der Waals surface area (Å²) in [5.74, 6) is 0. The Hall–Kier alpha value is -1.47. The van der Waals surface area contributed by atoms with Crippen LogP contribution in [0.1, 0.15) is 18.5 Å². The molecule has 0 bridgehead atoms. The van der Waals surface area contributed by atoms with Crippen LogP contribution in [0.5, 0.6) is 0 Å². The van der Waals surface area contributed by atoms with Crippen molar-refractivity contribution in [2.45, 2.75) is 25.0 Å². The number of hydrogen-bond donors (Lipinski definition) is 2. The first kappa shape index (κ1) is 15.4. The van der Waals surface area contributed by atoms with Crippen molar-refractivity contribution in [3.63, 3.8) is 0 Å². The maximum Gasteiger partial charge on any atom is 0.258 e. The lowest BCUT2D eigenvalue weighted by Gasteiger charge is -2.37. The van der Waals surface area contributed by atoms with Crippen LogP contribution in [0.3, 0.4) is 0 Å². The Balaban J connectivity index is 1.85. The highest BCUT2D eigenvalue weighted by molar-refractivity contribution is 6.30. The normalized spacial score (nSPS) is 23.0. The van der Waals surface area contributed by atoms with Crippen LogP contribution in [0.15, 0.2) is 29.2 Å². The minimum Gasteiger partial charge on any atom is -0.393 e. The highest BCUT2D eigenvalue weighted by Crippen LogP contribution is 2.21. The maximum absolute atomic E-state index is 12.1. The fourth-order valence-corrected chi connectivity index (χ4v) is 3.07. The number of piperidine rings is 1. The first-order valence-corrected chi connectivity index (χ1v) is 7.60. The molecule has 2 N–H and O–H groups in total. The summed E-state index contributed by atoms with van der Waals surface area (Å²) in [6.07, 6.45) is 2.94. The Bertz CT molecular complexity index is 748. The summed E-state index contributed by atoms with van der Waals surface area (Å²) in [5, 5.41) is 20.0. The van der Waals surface area contributed by atoms with Crippen molar-refractivity contribution in [2.75, 3.05) is 19.7 Å². The van der Waals surface area contributed by atoms with Crippen LogP contribution >= 0.6 is 11.6 Å². The molecule has 1 fully saturated rings. The van der Waals surface area contributed by atoms with E-state index in [-0.39, 0.29) is 12.2 Å². The minimum atomic E-state index is -1.06. The lowest BCUT2D eigenvalue weighted by Crippen LogP contribution is -2.50. The molecule has 7 heteroatoms. The highest BCUT2D eigenvalue weighted by Gasteiger charge is 2.32. The van der Waals surface area contributed by atoms with E-state index in [4.69, 9.17) is 11.6 Å². The maximum atomic E-state index is 12.1. The largest absolute Gasteiger partial charge is 0.393 e. The molecule has 22 heavy (non-hydrogen) atoms. The molecule has 1 saturated heterocycles. The monoisotopic (exact) mass is 323 g/mol. The molecule has 0 amide bonds. The summed E-state index contributed by atoms with van der Waals surface area (Å²) in [6, 6.07) is 4.88. The second-order valence-electron chi connectivity index (χ2n) is 5.86. The molecular weight excluding hydrogens is 306 g/mol. The lowest BCUT2D eigenvalue weighted by molar-refractivity contribution is -0.0689. The van der Waals surface area contributed by atoms with Crippen molar-refractivity contribution >= 4 is 17.2 Å². The molecule has 1 atom stereocenters. The predicted molar refractivity (Wildman–Crippen MR) is 83.0 cm³/mol. The number of fused-ring (bicyclic) bond motifs is 1. The van der Waals surface area contributed by atoms with Crippen molar-refractivity contribution in [2.24, 2.45) is 0 Å². The first-order valence-electron chi connectivity index (χ1n) is 7.23. The van der Waals surface area contributed by atoms with Crippen molar-refractivity contribution < 1.29 is 10.2 Å². The van der Waals surface area contributed by atoms with Gasteiger partial charge in [0.25, 0.3) is 5.56 Å². The van der Waals surface area contributed by atoms with Gasteiger partial charge in [-0.25, -0.2) is 4.98 Å². The Morgan fingerprint density at radius 3 is 3.00 bits per heavy atom. The molecule has 3 rings (SSSR count). The molecular formula is C15H18ClN3O3. The van der Waals surface area contributed by atoms with E-state index in [2.05, 4.69) is 4.98 Å². The molecule has 0 aliphatic carbocycles. The summed E-state index contributed by atoms with van der Waals surface area (Å²) in [6.45, 7) is 1.40. The second kappa shape index (κ2) is 5.96. The fourth-order valence-electron chi connectivity index (χ4n) is 2.91. The number of aromatic nitrogens is 2. The van der Waals surface area contributed by atoms with Crippen LogP contribution in [-0.2, 0) is 6.54 Å². The van der Waals surface area contributed by atoms with Crippen LogP contribution in [-0.4, -0.2) is 49.8 Å². The van der Waals surface area contributed by atoms with E-state index in [1.54, 1.807) is 18.3 Å². The molecule has 0 radical (unpaired) electrons. The number of aliphatic hydroxyl groups excluding tert-OH is 1. The quantitative estimate of drug-likeness (QED) is 0.868. The predicted octanol–water partition coefficient (Wildman–Crippen LogP) is 0.667. The topological polar surface area (TPSA) is 78.1 Å². The molecule has 118 valence electrons. The zero-order chi connectivity index (χ0) is 15.7. The van der Waals surface area contributed by atoms with Gasteiger partial charge >= 0.3 is 0 Å². The second-order valence-corrected chi connectivity index (χ2v) is 6.29. The number of hydrogen-bond acceptors (Lipinski definition) is 5. The Labute approximate surface area is 132 Å². The number of pyridine rings is 1. The van der Waals surface area contributed by atoms with Crippen LogP contribution in [0, 0.1) is 0 Å². The highest BCUT2D eigenvalue weighted by atomic mass is 35.5. The van der Waals surface area contributed by atoms with Gasteiger partial charge in [-0.1, -0.05) is 11.6 Å². The summed E-state index contributed by atoms with van der Waals surface area (Å²) in [4.78, 5) is 18.6. The SMILES string of the molecule is O=c1cc(CN2CCCC(O)(CO)C2)nc2ccc(Cl)cn12. The molecule has 2 aromatic heterocycles. The molecule has 0 aromatic carbocycles. The number of rotatable bonds is 3. The zero-order valence-electron chi connectivity index (χ0n) is 12.1. The van der Waals surface area contributed by atoms with E-state index >= 15 is 0 Å². The van der Waals surface area contributed by atoms with E-state index in [9.17, 15) is 15.0 Å². The summed E-state index contributed by atoms with van der Waals surface area (Å²) < 4.78 is 1.41. The molecule has 3 heterocycles. The van der Waals surface area contributed by atoms with Gasteiger partial charge in [0.2, 0.25) is 0 Å². The van der Waals surface area contributed by atoms with Gasteiger partial charge < -0.3 is 10.2 Å². The minimum absolute atomic E-state index is 0.183. The average Bonchev–Trinajstić information content (AvgIpc) is 2.48. The van der Waals surface area contributed by atoms with E-state index < -0.39 is 5.60 Å². The Kier molecular flexibility index (Phi) is 4.18. The van der Waals surface area contributed by atoms with E-state index in [0.29, 0.717) is 35.9 Å². The van der Waals surface area contributed by atoms with Gasteiger partial charge in [-0.3, -0.25) is 14.1 Å². The number of nitrogens with zero attached hydrogens (tertiary/aromatic N) is 3. The van der Waals surface area contributed by atoms with Crippen LogP contribution in [0.4, 0.5) is 0 Å². The number of halogens is 1. The summed E-state index contributed by atoms with van der Waals surface area (Å²) >= 11 is 5.89. The fraction of sp³-hybridized carbons (Fsp3) is 0.467. The number of likely N-dealkylation sites (tertiary alicyclic amines) is 1. The first-order chi connectivity index (χ1) is 10.5. The van der Waals surface area contributed by atoms with Gasteiger partial charge in [0.1, 0.15) is 11.2 Å². The zero-order valence-corrected chi connectivity index (χ0v) is 12.8. The standard InChI is InChI=1S/C15H18ClN3O3/c16-11-2-3-13-17-12(6-14(21)19(13)7-11)8-18-5-1-4-15(22,9-18)10-20/h2-3,6-7,20,22H,1,4-5,8-10H2. The van der Waals surface area contributed by atoms with Crippen LogP contribution in [0.2, 0.25) is 5.02 Å². The third-order valence-electron chi connectivity index (χ3n) is 3.99. The number of β-amino-alcohol motifs (C(OH)–C–C–N with tert-alkyl or cyclic N) is 1. The molecule has 1 unspecified atom stereocenters. The van der Waals surface area contributed by atoms with Crippen LogP contribution in [0.25, 0.3) is 5.65 Å². The lowest BCUT2D eigenvalue weighted by atomic mass is 9.94. The average molecular weight is 324 g/mol. The van der Waals surface area contributed by atoms with E-state index in [1.807, 2.05) is 4.90 Å². The molecule has 1 aliphatic heterocycles. The summed E-state index contributed by atoms with van der Waals surface area (Å²) in [7, 11) is 0. The van der Waals surface area contributed by atoms with Gasteiger partial charge in [-0.15, -0.1) is 0 Å². The molecule has 2 aromatic rings. The van der Waals surface area contributed by atoms with Crippen molar-refractivity contribution in [3.05, 3.63) is 45.5 Å². The third-order valence-corrected chi connectivity index (χ3v) is 4.21. The van der Waals surface area contributed by atoms with Gasteiger partial charge in [-0.2, -0.15) is 0 Å². The van der Waals surface area contributed by atoms with E-state index in [1.165, 1.54) is 10.5 Å². The molecule has 6 nitrogen and oxygen atoms in total. The smallest absolute Gasteiger partial charge is 0.258 e.